The second-order valence-electron chi connectivity index (χ2n) is 9.06. The van der Waals surface area contributed by atoms with E-state index < -0.39 is 0 Å². The Hall–Kier alpha value is -3.21. The van der Waals surface area contributed by atoms with Gasteiger partial charge in [0.1, 0.15) is 5.75 Å². The van der Waals surface area contributed by atoms with Crippen LogP contribution in [0.1, 0.15) is 44.1 Å². The molecule has 3 aromatic rings. The van der Waals surface area contributed by atoms with Gasteiger partial charge in [-0.1, -0.05) is 6.07 Å². The van der Waals surface area contributed by atoms with Gasteiger partial charge < -0.3 is 19.1 Å². The minimum Gasteiger partial charge on any atom is -0.493 e. The van der Waals surface area contributed by atoms with Crippen LogP contribution in [0.5, 0.6) is 17.2 Å². The topological polar surface area (TPSA) is 43.8 Å². The van der Waals surface area contributed by atoms with Crippen molar-refractivity contribution in [1.29, 1.82) is 0 Å². The van der Waals surface area contributed by atoms with Gasteiger partial charge in [0.25, 0.3) is 0 Å². The van der Waals surface area contributed by atoms with Crippen LogP contribution in [-0.4, -0.2) is 24.8 Å². The summed E-state index contributed by atoms with van der Waals surface area (Å²) in [5, 5.41) is 0. The van der Waals surface area contributed by atoms with Crippen molar-refractivity contribution in [2.24, 2.45) is 5.92 Å². The van der Waals surface area contributed by atoms with Crippen molar-refractivity contribution in [2.45, 2.75) is 51.2 Å². The van der Waals surface area contributed by atoms with Crippen LogP contribution < -0.4 is 19.1 Å². The Morgan fingerprint density at radius 1 is 0.909 bits per heavy atom. The van der Waals surface area contributed by atoms with E-state index in [9.17, 15) is 0 Å². The Morgan fingerprint density at radius 3 is 2.39 bits per heavy atom. The number of benzene rings is 2. The lowest BCUT2D eigenvalue weighted by Gasteiger charge is -2.27. The summed E-state index contributed by atoms with van der Waals surface area (Å²) in [6.07, 6.45) is 11.2. The fourth-order valence-corrected chi connectivity index (χ4v) is 4.34. The molecule has 1 aromatic heterocycles. The van der Waals surface area contributed by atoms with Gasteiger partial charge in [-0.15, -0.1) is 0 Å². The van der Waals surface area contributed by atoms with E-state index in [0.29, 0.717) is 6.54 Å². The van der Waals surface area contributed by atoms with Crippen molar-refractivity contribution < 1.29 is 14.2 Å². The van der Waals surface area contributed by atoms with Crippen LogP contribution in [0.15, 0.2) is 67.0 Å². The molecule has 2 aromatic carbocycles. The zero-order valence-corrected chi connectivity index (χ0v) is 19.3. The van der Waals surface area contributed by atoms with Crippen LogP contribution in [0.25, 0.3) is 0 Å². The molecule has 172 valence electrons. The number of hydrogen-bond donors (Lipinski definition) is 0. The van der Waals surface area contributed by atoms with Crippen molar-refractivity contribution in [3.8, 4) is 17.2 Å². The summed E-state index contributed by atoms with van der Waals surface area (Å²) in [6.45, 7) is 1.52. The Balaban J connectivity index is 1.43. The van der Waals surface area contributed by atoms with Crippen molar-refractivity contribution in [3.63, 3.8) is 0 Å². The summed E-state index contributed by atoms with van der Waals surface area (Å²) < 4.78 is 17.9. The fourth-order valence-electron chi connectivity index (χ4n) is 4.34. The van der Waals surface area contributed by atoms with Gasteiger partial charge in [-0.25, -0.2) is 0 Å². The first-order valence-electron chi connectivity index (χ1n) is 12.0. The molecule has 5 rings (SSSR count). The molecule has 5 nitrogen and oxygen atoms in total. The highest BCUT2D eigenvalue weighted by atomic mass is 16.5. The largest absolute Gasteiger partial charge is 0.493 e. The Bertz CT molecular complexity index is 1030. The molecular weight excluding hydrogens is 412 g/mol. The molecule has 0 N–H and O–H groups in total. The third-order valence-corrected chi connectivity index (χ3v) is 6.45. The quantitative estimate of drug-likeness (QED) is 0.355. The Kier molecular flexibility index (Phi) is 6.66. The molecule has 0 amide bonds. The van der Waals surface area contributed by atoms with Gasteiger partial charge in [-0.3, -0.25) is 4.98 Å². The lowest BCUT2D eigenvalue weighted by Crippen LogP contribution is -2.17. The zero-order valence-electron chi connectivity index (χ0n) is 19.3. The van der Waals surface area contributed by atoms with E-state index in [0.717, 1.165) is 59.6 Å². The number of ether oxygens (including phenoxy) is 3. The minimum atomic E-state index is 0.267. The number of anilines is 2. The van der Waals surface area contributed by atoms with Crippen molar-refractivity contribution in [3.05, 3.63) is 72.6 Å². The van der Waals surface area contributed by atoms with Crippen molar-refractivity contribution >= 4 is 11.4 Å². The summed E-state index contributed by atoms with van der Waals surface area (Å²) in [5.74, 6) is 3.24. The van der Waals surface area contributed by atoms with Crippen LogP contribution in [-0.2, 0) is 6.54 Å². The number of hydrogen-bond acceptors (Lipinski definition) is 5. The van der Waals surface area contributed by atoms with Gasteiger partial charge in [0.2, 0.25) is 0 Å². The minimum absolute atomic E-state index is 0.267. The average molecular weight is 445 g/mol. The lowest BCUT2D eigenvalue weighted by atomic mass is 10.1. The zero-order chi connectivity index (χ0) is 22.5. The summed E-state index contributed by atoms with van der Waals surface area (Å²) in [4.78, 5) is 6.59. The first-order valence-corrected chi connectivity index (χ1v) is 12.0. The molecule has 2 fully saturated rings. The molecule has 0 bridgehead atoms. The molecule has 1 heterocycles. The van der Waals surface area contributed by atoms with Gasteiger partial charge in [0.15, 0.2) is 11.5 Å². The molecule has 2 aliphatic rings. The van der Waals surface area contributed by atoms with Crippen LogP contribution in [0.2, 0.25) is 0 Å². The number of nitrogens with zero attached hydrogens (tertiary/aromatic N) is 2. The van der Waals surface area contributed by atoms with E-state index in [-0.39, 0.29) is 6.10 Å². The molecule has 0 saturated heterocycles. The summed E-state index contributed by atoms with van der Waals surface area (Å²) >= 11 is 0. The number of methoxy groups -OCH3 is 1. The van der Waals surface area contributed by atoms with Crippen molar-refractivity contribution in [1.82, 2.24) is 4.98 Å². The van der Waals surface area contributed by atoms with E-state index in [4.69, 9.17) is 14.2 Å². The van der Waals surface area contributed by atoms with E-state index in [1.807, 2.05) is 18.3 Å². The standard InChI is InChI=1S/C28H32N2O3/c1-31-27-15-12-24(17-28(27)33-26-6-2-3-7-26)30(19-22-5-4-16-29-18-22)23-10-13-25(14-11-23)32-20-21-8-9-21/h4-5,10-18,21,26H,2-3,6-9,19-20H2,1H3. The van der Waals surface area contributed by atoms with Crippen LogP contribution >= 0.6 is 0 Å². The van der Waals surface area contributed by atoms with Crippen LogP contribution in [0.4, 0.5) is 11.4 Å². The fraction of sp³-hybridized carbons (Fsp3) is 0.393. The molecule has 0 atom stereocenters. The normalized spacial score (nSPS) is 15.9. The molecule has 0 aliphatic heterocycles. The second kappa shape index (κ2) is 10.2. The third kappa shape index (κ3) is 5.59. The van der Waals surface area contributed by atoms with E-state index in [1.54, 1.807) is 13.3 Å². The summed E-state index contributed by atoms with van der Waals surface area (Å²) in [6, 6.07) is 18.7. The highest BCUT2D eigenvalue weighted by Crippen LogP contribution is 2.38. The van der Waals surface area contributed by atoms with Gasteiger partial charge in [0.05, 0.1) is 19.8 Å². The predicted octanol–water partition coefficient (Wildman–Crippen LogP) is 6.54. The summed E-state index contributed by atoms with van der Waals surface area (Å²) in [5.41, 5.74) is 3.29. The number of aromatic nitrogens is 1. The lowest BCUT2D eigenvalue weighted by molar-refractivity contribution is 0.201. The second-order valence-corrected chi connectivity index (χ2v) is 9.06. The molecule has 0 radical (unpaired) electrons. The monoisotopic (exact) mass is 444 g/mol. The molecule has 2 saturated carbocycles. The molecular formula is C28H32N2O3. The maximum absolute atomic E-state index is 6.37. The molecule has 0 spiro atoms. The predicted molar refractivity (Wildman–Crippen MR) is 131 cm³/mol. The molecule has 0 unspecified atom stereocenters. The highest BCUT2D eigenvalue weighted by molar-refractivity contribution is 5.67. The van der Waals surface area contributed by atoms with Gasteiger partial charge in [0, 0.05) is 36.4 Å². The number of rotatable bonds is 10. The Labute approximate surface area is 196 Å². The molecule has 33 heavy (non-hydrogen) atoms. The van der Waals surface area contributed by atoms with Gasteiger partial charge in [-0.05, 0) is 92.5 Å². The smallest absolute Gasteiger partial charge is 0.163 e. The van der Waals surface area contributed by atoms with E-state index in [2.05, 4.69) is 52.3 Å². The Morgan fingerprint density at radius 2 is 1.70 bits per heavy atom. The van der Waals surface area contributed by atoms with Gasteiger partial charge >= 0.3 is 0 Å². The van der Waals surface area contributed by atoms with E-state index in [1.165, 1.54) is 25.7 Å². The number of pyridine rings is 1. The highest BCUT2D eigenvalue weighted by Gasteiger charge is 2.22. The maximum atomic E-state index is 6.37. The van der Waals surface area contributed by atoms with Gasteiger partial charge in [-0.2, -0.15) is 0 Å². The first kappa shape index (κ1) is 21.6. The van der Waals surface area contributed by atoms with Crippen molar-refractivity contribution in [2.75, 3.05) is 18.6 Å². The average Bonchev–Trinajstić information content (AvgIpc) is 3.56. The molecule has 2 aliphatic carbocycles. The summed E-state index contributed by atoms with van der Waals surface area (Å²) in [7, 11) is 1.70. The molecule has 5 heteroatoms. The first-order chi connectivity index (χ1) is 16.3. The van der Waals surface area contributed by atoms with E-state index >= 15 is 0 Å². The SMILES string of the molecule is COc1ccc(N(Cc2cccnc2)c2ccc(OCC3CC3)cc2)cc1OC1CCCC1. The van der Waals surface area contributed by atoms with Crippen LogP contribution in [0.3, 0.4) is 0 Å². The third-order valence-electron chi connectivity index (χ3n) is 6.45. The van der Waals surface area contributed by atoms with Crippen LogP contribution in [0, 0.1) is 5.92 Å². The maximum Gasteiger partial charge on any atom is 0.163 e.